The Morgan fingerprint density at radius 2 is 2.26 bits per heavy atom. The summed E-state index contributed by atoms with van der Waals surface area (Å²) in [5.74, 6) is 0.984. The maximum Gasteiger partial charge on any atom is 0.273 e. The van der Waals surface area contributed by atoms with E-state index in [0.717, 1.165) is 12.8 Å². The normalized spacial score (nSPS) is 17.3. The van der Waals surface area contributed by atoms with Gasteiger partial charge in [0.2, 0.25) is 0 Å². The molecule has 5 nitrogen and oxygen atoms in total. The summed E-state index contributed by atoms with van der Waals surface area (Å²) in [7, 11) is 0. The molecule has 2 N–H and O–H groups in total. The molecule has 106 valence electrons. The van der Waals surface area contributed by atoms with Crippen molar-refractivity contribution < 1.29 is 14.4 Å². The summed E-state index contributed by atoms with van der Waals surface area (Å²) in [4.78, 5) is 12.1. The van der Waals surface area contributed by atoms with Crippen LogP contribution in [0.2, 0.25) is 0 Å². The van der Waals surface area contributed by atoms with E-state index in [0.29, 0.717) is 23.8 Å². The second kappa shape index (κ2) is 5.33. The van der Waals surface area contributed by atoms with E-state index in [1.54, 1.807) is 6.07 Å². The van der Waals surface area contributed by atoms with Gasteiger partial charge < -0.3 is 14.9 Å². The van der Waals surface area contributed by atoms with Gasteiger partial charge in [0.05, 0.1) is 0 Å². The van der Waals surface area contributed by atoms with Crippen molar-refractivity contribution in [3.8, 4) is 0 Å². The minimum Gasteiger partial charge on any atom is -0.396 e. The van der Waals surface area contributed by atoms with Crippen molar-refractivity contribution in [1.29, 1.82) is 0 Å². The van der Waals surface area contributed by atoms with Crippen LogP contribution in [0.3, 0.4) is 0 Å². The molecule has 1 amide bonds. The highest BCUT2D eigenvalue weighted by atomic mass is 16.5. The molecular weight excluding hydrogens is 244 g/mol. The van der Waals surface area contributed by atoms with E-state index in [1.807, 2.05) is 20.8 Å². The lowest BCUT2D eigenvalue weighted by Gasteiger charge is -2.16. The average Bonchev–Trinajstić information content (AvgIpc) is 3.03. The molecule has 19 heavy (non-hydrogen) atoms. The topological polar surface area (TPSA) is 75.4 Å². The Kier molecular flexibility index (Phi) is 3.94. The number of aliphatic hydroxyl groups is 1. The lowest BCUT2D eigenvalue weighted by molar-refractivity contribution is 0.0915. The third kappa shape index (κ3) is 3.56. The van der Waals surface area contributed by atoms with Gasteiger partial charge in [-0.2, -0.15) is 0 Å². The van der Waals surface area contributed by atoms with Crippen molar-refractivity contribution >= 4 is 5.91 Å². The van der Waals surface area contributed by atoms with Crippen molar-refractivity contribution in [3.05, 3.63) is 17.5 Å². The van der Waals surface area contributed by atoms with Gasteiger partial charge in [-0.1, -0.05) is 25.9 Å². The van der Waals surface area contributed by atoms with E-state index in [4.69, 9.17) is 9.63 Å². The molecule has 0 aromatic carbocycles. The molecule has 1 fully saturated rings. The smallest absolute Gasteiger partial charge is 0.273 e. The lowest BCUT2D eigenvalue weighted by Crippen LogP contribution is -2.37. The maximum absolute atomic E-state index is 12.1. The molecule has 1 aromatic rings. The van der Waals surface area contributed by atoms with E-state index in [2.05, 4.69) is 10.5 Å². The van der Waals surface area contributed by atoms with Gasteiger partial charge in [-0.3, -0.25) is 4.79 Å². The standard InChI is InChI=1S/C14H22N2O3/c1-14(2,3)12-8-11(16-19-12)13(18)15-10(6-7-17)9-4-5-9/h8-10,17H,4-7H2,1-3H3,(H,15,18). The van der Waals surface area contributed by atoms with Crippen LogP contribution in [0.15, 0.2) is 10.6 Å². The van der Waals surface area contributed by atoms with E-state index in [9.17, 15) is 4.79 Å². The van der Waals surface area contributed by atoms with Crippen LogP contribution in [0, 0.1) is 5.92 Å². The van der Waals surface area contributed by atoms with Crippen LogP contribution in [-0.2, 0) is 5.41 Å². The van der Waals surface area contributed by atoms with Gasteiger partial charge >= 0.3 is 0 Å². The van der Waals surface area contributed by atoms with Gasteiger partial charge in [0.1, 0.15) is 5.76 Å². The van der Waals surface area contributed by atoms with E-state index in [1.165, 1.54) is 0 Å². The number of amides is 1. The molecule has 2 rings (SSSR count). The van der Waals surface area contributed by atoms with Crippen LogP contribution >= 0.6 is 0 Å². The highest BCUT2D eigenvalue weighted by Crippen LogP contribution is 2.34. The maximum atomic E-state index is 12.1. The fourth-order valence-corrected chi connectivity index (χ4v) is 2.04. The third-order valence-electron chi connectivity index (χ3n) is 3.43. The molecule has 1 saturated carbocycles. The van der Waals surface area contributed by atoms with Gasteiger partial charge in [-0.25, -0.2) is 0 Å². The molecule has 1 unspecified atom stereocenters. The zero-order valence-electron chi connectivity index (χ0n) is 11.8. The SMILES string of the molecule is CC(C)(C)c1cc(C(=O)NC(CCO)C2CC2)no1. The van der Waals surface area contributed by atoms with Gasteiger partial charge in [-0.15, -0.1) is 0 Å². The Morgan fingerprint density at radius 3 is 2.74 bits per heavy atom. The Bertz CT molecular complexity index is 444. The number of carbonyl (C=O) groups excluding carboxylic acids is 1. The molecule has 0 saturated heterocycles. The van der Waals surface area contributed by atoms with Gasteiger partial charge in [0.25, 0.3) is 5.91 Å². The van der Waals surface area contributed by atoms with Crippen LogP contribution in [-0.4, -0.2) is 28.8 Å². The average molecular weight is 266 g/mol. The summed E-state index contributed by atoms with van der Waals surface area (Å²) in [6.45, 7) is 6.11. The minimum absolute atomic E-state index is 0.0484. The Hall–Kier alpha value is -1.36. The number of hydrogen-bond donors (Lipinski definition) is 2. The Labute approximate surface area is 113 Å². The van der Waals surface area contributed by atoms with E-state index >= 15 is 0 Å². The highest BCUT2D eigenvalue weighted by Gasteiger charge is 2.32. The first-order valence-electron chi connectivity index (χ1n) is 6.80. The molecule has 5 heteroatoms. The Balaban J connectivity index is 2.00. The van der Waals surface area contributed by atoms with E-state index < -0.39 is 0 Å². The highest BCUT2D eigenvalue weighted by molar-refractivity contribution is 5.92. The zero-order chi connectivity index (χ0) is 14.0. The van der Waals surface area contributed by atoms with Crippen molar-refractivity contribution in [1.82, 2.24) is 10.5 Å². The van der Waals surface area contributed by atoms with Crippen molar-refractivity contribution in [3.63, 3.8) is 0 Å². The summed E-state index contributed by atoms with van der Waals surface area (Å²) in [5, 5.41) is 15.8. The number of rotatable bonds is 5. The van der Waals surface area contributed by atoms with Gasteiger partial charge in [0.15, 0.2) is 5.69 Å². The first-order valence-corrected chi connectivity index (χ1v) is 6.80. The van der Waals surface area contributed by atoms with Crippen LogP contribution < -0.4 is 5.32 Å². The van der Waals surface area contributed by atoms with Gasteiger partial charge in [-0.05, 0) is 25.2 Å². The molecule has 1 aromatic heterocycles. The molecule has 1 aliphatic rings. The molecule has 0 bridgehead atoms. The van der Waals surface area contributed by atoms with Crippen LogP contribution in [0.4, 0.5) is 0 Å². The third-order valence-corrected chi connectivity index (χ3v) is 3.43. The number of aromatic nitrogens is 1. The second-order valence-electron chi connectivity index (χ2n) is 6.26. The molecule has 0 aliphatic heterocycles. The van der Waals surface area contributed by atoms with Gasteiger partial charge in [0, 0.05) is 24.1 Å². The van der Waals surface area contributed by atoms with Crippen molar-refractivity contribution in [2.24, 2.45) is 5.92 Å². The predicted molar refractivity (Wildman–Crippen MR) is 70.9 cm³/mol. The molecule has 1 atom stereocenters. The number of hydrogen-bond acceptors (Lipinski definition) is 4. The number of nitrogens with one attached hydrogen (secondary N) is 1. The minimum atomic E-state index is -0.218. The van der Waals surface area contributed by atoms with Crippen LogP contribution in [0.25, 0.3) is 0 Å². The Morgan fingerprint density at radius 1 is 1.58 bits per heavy atom. The predicted octanol–water partition coefficient (Wildman–Crippen LogP) is 1.86. The van der Waals surface area contributed by atoms with Crippen LogP contribution in [0.1, 0.15) is 56.3 Å². The fraction of sp³-hybridized carbons (Fsp3) is 0.714. The second-order valence-corrected chi connectivity index (χ2v) is 6.26. The molecule has 1 heterocycles. The van der Waals surface area contributed by atoms with Crippen LogP contribution in [0.5, 0.6) is 0 Å². The molecular formula is C14H22N2O3. The summed E-state index contributed by atoms with van der Waals surface area (Å²) >= 11 is 0. The van der Waals surface area contributed by atoms with Crippen molar-refractivity contribution in [2.45, 2.75) is 51.5 Å². The largest absolute Gasteiger partial charge is 0.396 e. The van der Waals surface area contributed by atoms with E-state index in [-0.39, 0.29) is 24.0 Å². The summed E-state index contributed by atoms with van der Waals surface area (Å²) in [6.07, 6.45) is 2.84. The number of carbonyl (C=O) groups is 1. The summed E-state index contributed by atoms with van der Waals surface area (Å²) < 4.78 is 5.21. The first kappa shape index (κ1) is 14.1. The first-order chi connectivity index (χ1) is 8.91. The monoisotopic (exact) mass is 266 g/mol. The zero-order valence-corrected chi connectivity index (χ0v) is 11.8. The number of nitrogens with zero attached hydrogens (tertiary/aromatic N) is 1. The van der Waals surface area contributed by atoms with Crippen molar-refractivity contribution in [2.75, 3.05) is 6.61 Å². The quantitative estimate of drug-likeness (QED) is 0.853. The lowest BCUT2D eigenvalue weighted by atomic mass is 9.93. The summed E-state index contributed by atoms with van der Waals surface area (Å²) in [5.41, 5.74) is 0.153. The number of aliphatic hydroxyl groups excluding tert-OH is 1. The molecule has 1 aliphatic carbocycles. The fourth-order valence-electron chi connectivity index (χ4n) is 2.04. The summed E-state index contributed by atoms with van der Waals surface area (Å²) in [6, 6.07) is 1.74. The molecule has 0 spiro atoms. The molecule has 0 radical (unpaired) electrons.